The summed E-state index contributed by atoms with van der Waals surface area (Å²) in [6.45, 7) is 0. The molecule has 0 radical (unpaired) electrons. The fraction of sp³-hybridized carbons (Fsp3) is 0. The average Bonchev–Trinajstić information content (AvgIpc) is 3.71. The van der Waals surface area contributed by atoms with Crippen molar-refractivity contribution in [3.63, 3.8) is 0 Å². The largest absolute Gasteiger partial charge is 0.309 e. The third-order valence-electron chi connectivity index (χ3n) is 8.38. The van der Waals surface area contributed by atoms with Crippen molar-refractivity contribution in [1.82, 2.24) is 14.1 Å². The van der Waals surface area contributed by atoms with Crippen molar-refractivity contribution in [3.8, 4) is 23.5 Å². The van der Waals surface area contributed by atoms with Crippen molar-refractivity contribution in [2.24, 2.45) is 0 Å². The van der Waals surface area contributed by atoms with Crippen molar-refractivity contribution in [1.29, 1.82) is 10.5 Å². The molecule has 0 spiro atoms. The number of para-hydroxylation sites is 2. The summed E-state index contributed by atoms with van der Waals surface area (Å²) in [5, 5.41) is 25.4. The first-order valence-electron chi connectivity index (χ1n) is 13.9. The standard InChI is InChI=1S/C37H19N5S/c38-20-22-11-13-32-29(18-22)26-6-1-3-8-30(26)41(32)24-16-23(21-39)17-25(19-24)42-31-9-4-2-7-27(31)35-33(42)14-12-28-36-34(43-37(28)35)10-5-15-40-36/h1-19H. The second kappa shape index (κ2) is 8.77. The maximum Gasteiger partial charge on any atom is 0.0993 e. The van der Waals surface area contributed by atoms with Crippen LogP contribution >= 0.6 is 11.3 Å². The summed E-state index contributed by atoms with van der Waals surface area (Å²) in [6, 6.07) is 41.7. The maximum atomic E-state index is 10.2. The van der Waals surface area contributed by atoms with Gasteiger partial charge in [0.05, 0.1) is 55.5 Å². The van der Waals surface area contributed by atoms with Crippen LogP contribution in [0.3, 0.4) is 0 Å². The molecule has 0 saturated carbocycles. The Morgan fingerprint density at radius 1 is 0.558 bits per heavy atom. The van der Waals surface area contributed by atoms with Gasteiger partial charge in [-0.05, 0) is 72.8 Å². The zero-order chi connectivity index (χ0) is 28.7. The number of rotatable bonds is 2. The monoisotopic (exact) mass is 565 g/mol. The first-order chi connectivity index (χ1) is 21.2. The molecule has 9 rings (SSSR count). The molecule has 0 atom stereocenters. The molecule has 0 aliphatic heterocycles. The lowest BCUT2D eigenvalue weighted by atomic mass is 10.1. The third kappa shape index (κ3) is 3.27. The second-order valence-electron chi connectivity index (χ2n) is 10.7. The van der Waals surface area contributed by atoms with Gasteiger partial charge in [-0.3, -0.25) is 4.98 Å². The average molecular weight is 566 g/mol. The number of hydrogen-bond acceptors (Lipinski definition) is 4. The quantitative estimate of drug-likeness (QED) is 0.210. The van der Waals surface area contributed by atoms with Gasteiger partial charge in [-0.2, -0.15) is 10.5 Å². The zero-order valence-corrected chi connectivity index (χ0v) is 23.4. The summed E-state index contributed by atoms with van der Waals surface area (Å²) >= 11 is 1.77. The lowest BCUT2D eigenvalue weighted by Crippen LogP contribution is -2.00. The number of aromatic nitrogens is 3. The molecule has 43 heavy (non-hydrogen) atoms. The molecule has 9 aromatic rings. The van der Waals surface area contributed by atoms with E-state index in [1.165, 1.54) is 20.2 Å². The van der Waals surface area contributed by atoms with E-state index in [2.05, 4.69) is 81.9 Å². The highest BCUT2D eigenvalue weighted by Crippen LogP contribution is 2.43. The van der Waals surface area contributed by atoms with Crippen LogP contribution in [0.15, 0.2) is 115 Å². The molecule has 0 fully saturated rings. The van der Waals surface area contributed by atoms with Crippen LogP contribution in [0.1, 0.15) is 11.1 Å². The summed E-state index contributed by atoms with van der Waals surface area (Å²) in [6.07, 6.45) is 1.85. The molecule has 4 heterocycles. The number of hydrogen-bond donors (Lipinski definition) is 0. The molecule has 0 amide bonds. The smallest absolute Gasteiger partial charge is 0.0993 e. The van der Waals surface area contributed by atoms with Gasteiger partial charge in [0.15, 0.2) is 0 Å². The van der Waals surface area contributed by atoms with E-state index >= 15 is 0 Å². The van der Waals surface area contributed by atoms with Crippen molar-refractivity contribution in [2.45, 2.75) is 0 Å². The molecule has 5 aromatic carbocycles. The summed E-state index contributed by atoms with van der Waals surface area (Å²) in [5.41, 5.74) is 8.21. The highest BCUT2D eigenvalue weighted by atomic mass is 32.1. The van der Waals surface area contributed by atoms with Crippen LogP contribution in [0.5, 0.6) is 0 Å². The summed E-state index contributed by atoms with van der Waals surface area (Å²) in [7, 11) is 0. The van der Waals surface area contributed by atoms with E-state index in [0.717, 1.165) is 55.1 Å². The molecule has 0 N–H and O–H groups in total. The first kappa shape index (κ1) is 23.7. The highest BCUT2D eigenvalue weighted by Gasteiger charge is 2.19. The van der Waals surface area contributed by atoms with Crippen LogP contribution in [0.25, 0.3) is 75.3 Å². The molecule has 0 aliphatic rings. The molecular formula is C37H19N5S. The minimum Gasteiger partial charge on any atom is -0.309 e. The Labute approximate surface area is 249 Å². The maximum absolute atomic E-state index is 10.2. The first-order valence-corrected chi connectivity index (χ1v) is 14.7. The SMILES string of the molecule is N#Cc1cc(-n2c3ccccc3c3cc(C#N)ccc32)cc(-n2c3ccccc3c3c4sc5cccnc5c4ccc32)c1. The summed E-state index contributed by atoms with van der Waals surface area (Å²) in [4.78, 5) is 4.69. The minimum absolute atomic E-state index is 0.574. The Hall–Kier alpha value is -5.95. The second-order valence-corrected chi connectivity index (χ2v) is 11.7. The Balaban J connectivity index is 1.39. The molecule has 0 bridgehead atoms. The van der Waals surface area contributed by atoms with E-state index in [4.69, 9.17) is 4.98 Å². The Morgan fingerprint density at radius 2 is 1.23 bits per heavy atom. The van der Waals surface area contributed by atoms with Gasteiger partial charge < -0.3 is 9.13 Å². The molecule has 198 valence electrons. The lowest BCUT2D eigenvalue weighted by molar-refractivity contribution is 1.13. The third-order valence-corrected chi connectivity index (χ3v) is 9.56. The topological polar surface area (TPSA) is 70.3 Å². The van der Waals surface area contributed by atoms with E-state index in [0.29, 0.717) is 11.1 Å². The number of nitrogens with zero attached hydrogens (tertiary/aromatic N) is 5. The van der Waals surface area contributed by atoms with Gasteiger partial charge in [0.1, 0.15) is 0 Å². The van der Waals surface area contributed by atoms with E-state index < -0.39 is 0 Å². The Kier molecular flexibility index (Phi) is 4.84. The number of pyridine rings is 1. The minimum atomic E-state index is 0.574. The predicted octanol–water partition coefficient (Wildman–Crippen LogP) is 9.39. The number of fused-ring (bicyclic) bond motifs is 10. The van der Waals surface area contributed by atoms with Crippen molar-refractivity contribution in [2.75, 3.05) is 0 Å². The molecule has 0 aliphatic carbocycles. The number of nitriles is 2. The highest BCUT2D eigenvalue weighted by molar-refractivity contribution is 7.26. The Morgan fingerprint density at radius 3 is 2.02 bits per heavy atom. The van der Waals surface area contributed by atoms with Crippen LogP contribution in [-0.4, -0.2) is 14.1 Å². The Bertz CT molecular complexity index is 2710. The summed E-state index contributed by atoms with van der Waals surface area (Å²) < 4.78 is 6.85. The molecular weight excluding hydrogens is 547 g/mol. The van der Waals surface area contributed by atoms with Gasteiger partial charge in [0.2, 0.25) is 0 Å². The van der Waals surface area contributed by atoms with Crippen LogP contribution in [0.4, 0.5) is 0 Å². The van der Waals surface area contributed by atoms with Crippen LogP contribution in [0, 0.1) is 22.7 Å². The van der Waals surface area contributed by atoms with E-state index in [9.17, 15) is 10.5 Å². The van der Waals surface area contributed by atoms with Crippen molar-refractivity contribution in [3.05, 3.63) is 127 Å². The molecule has 6 heteroatoms. The normalized spacial score (nSPS) is 11.7. The van der Waals surface area contributed by atoms with Gasteiger partial charge in [-0.25, -0.2) is 0 Å². The zero-order valence-electron chi connectivity index (χ0n) is 22.6. The van der Waals surface area contributed by atoms with Crippen LogP contribution < -0.4 is 0 Å². The predicted molar refractivity (Wildman–Crippen MR) is 175 cm³/mol. The molecule has 5 nitrogen and oxygen atoms in total. The van der Waals surface area contributed by atoms with Gasteiger partial charge >= 0.3 is 0 Å². The van der Waals surface area contributed by atoms with Crippen LogP contribution in [-0.2, 0) is 0 Å². The van der Waals surface area contributed by atoms with Gasteiger partial charge in [0.25, 0.3) is 0 Å². The molecule has 0 unspecified atom stereocenters. The summed E-state index contributed by atoms with van der Waals surface area (Å²) in [5.74, 6) is 0. The molecule has 0 saturated heterocycles. The number of benzene rings is 5. The van der Waals surface area contributed by atoms with Gasteiger partial charge in [-0.1, -0.05) is 36.4 Å². The fourth-order valence-electron chi connectivity index (χ4n) is 6.62. The van der Waals surface area contributed by atoms with Crippen molar-refractivity contribution < 1.29 is 0 Å². The van der Waals surface area contributed by atoms with E-state index in [1.807, 2.05) is 54.7 Å². The van der Waals surface area contributed by atoms with Gasteiger partial charge in [0, 0.05) is 49.2 Å². The molecule has 4 aromatic heterocycles. The fourth-order valence-corrected chi connectivity index (χ4v) is 7.84. The van der Waals surface area contributed by atoms with E-state index in [1.54, 1.807) is 11.3 Å². The van der Waals surface area contributed by atoms with E-state index in [-0.39, 0.29) is 0 Å². The van der Waals surface area contributed by atoms with Gasteiger partial charge in [-0.15, -0.1) is 11.3 Å². The number of thiophene rings is 1. The van der Waals surface area contributed by atoms with Crippen molar-refractivity contribution >= 4 is 75.3 Å². The lowest BCUT2D eigenvalue weighted by Gasteiger charge is -2.14. The van der Waals surface area contributed by atoms with Crippen LogP contribution in [0.2, 0.25) is 0 Å².